The largest absolute Gasteiger partial charge is 0.371 e. The number of fused-ring (bicyclic) bond motifs is 3. The number of nitrogens with one attached hydrogen (secondary N) is 1. The zero-order chi connectivity index (χ0) is 22.5. The molecule has 3 aromatic rings. The fourth-order valence-electron chi connectivity index (χ4n) is 4.10. The van der Waals surface area contributed by atoms with E-state index in [4.69, 9.17) is 11.6 Å². The number of hydrogen-bond acceptors (Lipinski definition) is 4. The molecular formula is C25H29ClN4OS. The number of carbonyl (C=O) groups is 1. The lowest BCUT2D eigenvalue weighted by Gasteiger charge is -2.24. The molecule has 7 heteroatoms. The van der Waals surface area contributed by atoms with Crippen molar-refractivity contribution in [2.24, 2.45) is 7.05 Å². The Labute approximate surface area is 199 Å². The summed E-state index contributed by atoms with van der Waals surface area (Å²) in [6.45, 7) is 4.77. The molecule has 0 fully saturated rings. The summed E-state index contributed by atoms with van der Waals surface area (Å²) in [6, 6.07) is 16.4. The van der Waals surface area contributed by atoms with Gasteiger partial charge in [0.2, 0.25) is 0 Å². The Morgan fingerprint density at radius 3 is 2.75 bits per heavy atom. The van der Waals surface area contributed by atoms with Crippen molar-refractivity contribution in [1.82, 2.24) is 15.1 Å². The number of thioether (sulfide) groups is 1. The molecule has 4 rings (SSSR count). The first-order chi connectivity index (χ1) is 15.6. The molecule has 5 nitrogen and oxygen atoms in total. The van der Waals surface area contributed by atoms with Crippen molar-refractivity contribution in [1.29, 1.82) is 0 Å². The van der Waals surface area contributed by atoms with E-state index < -0.39 is 0 Å². The SMILES string of the molecule is CCCCN(CCCNC(=O)c1nn(C)c2c1CSc1ccc(Cl)cc1-2)c1ccccc1. The van der Waals surface area contributed by atoms with Crippen LogP contribution in [0.2, 0.25) is 5.02 Å². The minimum atomic E-state index is -0.104. The Balaban J connectivity index is 1.40. The summed E-state index contributed by atoms with van der Waals surface area (Å²) in [6.07, 6.45) is 3.20. The summed E-state index contributed by atoms with van der Waals surface area (Å²) < 4.78 is 1.81. The minimum absolute atomic E-state index is 0.104. The number of hydrogen-bond donors (Lipinski definition) is 1. The number of aryl methyl sites for hydroxylation is 1. The maximum atomic E-state index is 13.0. The quantitative estimate of drug-likeness (QED) is 0.405. The fourth-order valence-corrected chi connectivity index (χ4v) is 5.32. The van der Waals surface area contributed by atoms with Crippen LogP contribution in [0.15, 0.2) is 53.4 Å². The smallest absolute Gasteiger partial charge is 0.272 e. The lowest BCUT2D eigenvalue weighted by atomic mass is 10.1. The number of benzene rings is 2. The lowest BCUT2D eigenvalue weighted by Crippen LogP contribution is -2.31. The molecule has 0 radical (unpaired) electrons. The van der Waals surface area contributed by atoms with Crippen LogP contribution in [0.5, 0.6) is 0 Å². The molecule has 1 N–H and O–H groups in total. The van der Waals surface area contributed by atoms with E-state index in [1.165, 1.54) is 10.6 Å². The molecule has 1 aliphatic heterocycles. The number of anilines is 1. The maximum absolute atomic E-state index is 13.0. The Bertz CT molecular complexity index is 1080. The fraction of sp³-hybridized carbons (Fsp3) is 0.360. The van der Waals surface area contributed by atoms with Crippen molar-refractivity contribution in [2.45, 2.75) is 36.8 Å². The van der Waals surface area contributed by atoms with Crippen LogP contribution in [-0.2, 0) is 12.8 Å². The van der Waals surface area contributed by atoms with Crippen molar-refractivity contribution >= 4 is 35.0 Å². The molecule has 0 atom stereocenters. The summed E-state index contributed by atoms with van der Waals surface area (Å²) in [5.41, 5.74) is 4.78. The van der Waals surface area contributed by atoms with Crippen LogP contribution in [0, 0.1) is 0 Å². The highest BCUT2D eigenvalue weighted by Gasteiger charge is 2.27. The molecule has 2 aromatic carbocycles. The molecular weight excluding hydrogens is 440 g/mol. The van der Waals surface area contributed by atoms with Crippen LogP contribution in [0.4, 0.5) is 5.69 Å². The predicted molar refractivity (Wildman–Crippen MR) is 134 cm³/mol. The van der Waals surface area contributed by atoms with Gasteiger partial charge in [0, 0.05) is 59.2 Å². The van der Waals surface area contributed by atoms with Crippen molar-refractivity contribution in [3.05, 3.63) is 64.8 Å². The van der Waals surface area contributed by atoms with Gasteiger partial charge < -0.3 is 10.2 Å². The summed E-state index contributed by atoms with van der Waals surface area (Å²) in [4.78, 5) is 16.5. The van der Waals surface area contributed by atoms with Gasteiger partial charge in [-0.3, -0.25) is 9.48 Å². The van der Waals surface area contributed by atoms with E-state index in [1.54, 1.807) is 16.4 Å². The summed E-state index contributed by atoms with van der Waals surface area (Å²) >= 11 is 7.95. The zero-order valence-electron chi connectivity index (χ0n) is 18.6. The minimum Gasteiger partial charge on any atom is -0.371 e. The molecule has 1 amide bonds. The topological polar surface area (TPSA) is 50.2 Å². The average Bonchev–Trinajstić information content (AvgIpc) is 3.16. The second kappa shape index (κ2) is 10.5. The molecule has 2 heterocycles. The van der Waals surface area contributed by atoms with Gasteiger partial charge in [0.1, 0.15) is 0 Å². The van der Waals surface area contributed by atoms with Gasteiger partial charge in [0.15, 0.2) is 5.69 Å². The molecule has 0 spiro atoms. The number of carbonyl (C=O) groups excluding carboxylic acids is 1. The number of halogens is 1. The third-order valence-corrected chi connectivity index (χ3v) is 7.06. The van der Waals surface area contributed by atoms with E-state index in [2.05, 4.69) is 46.5 Å². The molecule has 0 unspecified atom stereocenters. The van der Waals surface area contributed by atoms with E-state index in [0.29, 0.717) is 17.3 Å². The number of unbranched alkanes of at least 4 members (excludes halogenated alkanes) is 1. The third-order valence-electron chi connectivity index (χ3n) is 5.72. The predicted octanol–water partition coefficient (Wildman–Crippen LogP) is 5.77. The van der Waals surface area contributed by atoms with Crippen molar-refractivity contribution in [2.75, 3.05) is 24.5 Å². The number of amides is 1. The monoisotopic (exact) mass is 468 g/mol. The van der Waals surface area contributed by atoms with Crippen LogP contribution >= 0.6 is 23.4 Å². The van der Waals surface area contributed by atoms with Gasteiger partial charge in [0.05, 0.1) is 5.69 Å². The van der Waals surface area contributed by atoms with E-state index in [-0.39, 0.29) is 5.91 Å². The molecule has 168 valence electrons. The Morgan fingerprint density at radius 2 is 1.97 bits per heavy atom. The summed E-state index contributed by atoms with van der Waals surface area (Å²) in [7, 11) is 1.89. The molecule has 0 bridgehead atoms. The van der Waals surface area contributed by atoms with Crippen molar-refractivity contribution in [3.8, 4) is 11.3 Å². The normalized spacial score (nSPS) is 12.2. The molecule has 0 aliphatic carbocycles. The molecule has 1 aromatic heterocycles. The molecule has 0 saturated carbocycles. The van der Waals surface area contributed by atoms with E-state index in [1.807, 2.05) is 31.3 Å². The van der Waals surface area contributed by atoms with Crippen molar-refractivity contribution < 1.29 is 4.79 Å². The number of aromatic nitrogens is 2. The van der Waals surface area contributed by atoms with E-state index in [0.717, 1.165) is 54.9 Å². The maximum Gasteiger partial charge on any atom is 0.272 e. The Hall–Kier alpha value is -2.44. The first kappa shape index (κ1) is 22.7. The highest BCUT2D eigenvalue weighted by Crippen LogP contribution is 2.43. The van der Waals surface area contributed by atoms with E-state index in [9.17, 15) is 4.79 Å². The zero-order valence-corrected chi connectivity index (χ0v) is 20.2. The lowest BCUT2D eigenvalue weighted by molar-refractivity contribution is 0.0947. The molecule has 32 heavy (non-hydrogen) atoms. The number of para-hydroxylation sites is 1. The standard InChI is InChI=1S/C25H29ClN4OS/c1-3-4-14-30(19-9-6-5-7-10-19)15-8-13-27-25(31)23-21-17-32-22-12-11-18(26)16-20(22)24(21)29(2)28-23/h5-7,9-12,16H,3-4,8,13-15,17H2,1-2H3,(H,27,31). The van der Waals surface area contributed by atoms with Gasteiger partial charge in [-0.1, -0.05) is 43.1 Å². The Kier molecular flexibility index (Phi) is 7.43. The highest BCUT2D eigenvalue weighted by molar-refractivity contribution is 7.98. The average molecular weight is 469 g/mol. The van der Waals surface area contributed by atoms with Crippen LogP contribution < -0.4 is 10.2 Å². The van der Waals surface area contributed by atoms with Crippen LogP contribution in [-0.4, -0.2) is 35.3 Å². The first-order valence-electron chi connectivity index (χ1n) is 11.1. The van der Waals surface area contributed by atoms with Crippen LogP contribution in [0.3, 0.4) is 0 Å². The highest BCUT2D eigenvalue weighted by atomic mass is 35.5. The summed E-state index contributed by atoms with van der Waals surface area (Å²) in [5, 5.41) is 8.33. The first-order valence-corrected chi connectivity index (χ1v) is 12.5. The van der Waals surface area contributed by atoms with Crippen molar-refractivity contribution in [3.63, 3.8) is 0 Å². The second-order valence-electron chi connectivity index (χ2n) is 8.01. The van der Waals surface area contributed by atoms with Gasteiger partial charge in [-0.05, 0) is 43.2 Å². The Morgan fingerprint density at radius 1 is 1.19 bits per heavy atom. The molecule has 0 saturated heterocycles. The number of rotatable bonds is 9. The summed E-state index contributed by atoms with van der Waals surface area (Å²) in [5.74, 6) is 0.632. The van der Waals surface area contributed by atoms with Gasteiger partial charge in [-0.2, -0.15) is 5.10 Å². The van der Waals surface area contributed by atoms with Crippen LogP contribution in [0.25, 0.3) is 11.3 Å². The van der Waals surface area contributed by atoms with Gasteiger partial charge in [-0.15, -0.1) is 11.8 Å². The van der Waals surface area contributed by atoms with E-state index >= 15 is 0 Å². The van der Waals surface area contributed by atoms with Crippen LogP contribution in [0.1, 0.15) is 42.2 Å². The van der Waals surface area contributed by atoms with Gasteiger partial charge >= 0.3 is 0 Å². The third kappa shape index (κ3) is 4.97. The van der Waals surface area contributed by atoms with Gasteiger partial charge in [0.25, 0.3) is 5.91 Å². The molecule has 1 aliphatic rings. The second-order valence-corrected chi connectivity index (χ2v) is 9.47. The number of nitrogens with zero attached hydrogens (tertiary/aromatic N) is 3. The van der Waals surface area contributed by atoms with Gasteiger partial charge in [-0.25, -0.2) is 0 Å².